The molecule has 5 nitrogen and oxygen atoms in total. The minimum atomic E-state index is -0.362. The van der Waals surface area contributed by atoms with Gasteiger partial charge in [-0.05, 0) is 30.4 Å². The molecular weight excluding hydrogens is 250 g/mol. The summed E-state index contributed by atoms with van der Waals surface area (Å²) in [7, 11) is 0. The molecule has 3 aromatic rings. The van der Waals surface area contributed by atoms with Crippen molar-refractivity contribution < 1.29 is 4.92 Å². The van der Waals surface area contributed by atoms with Gasteiger partial charge in [0, 0.05) is 11.5 Å². The van der Waals surface area contributed by atoms with Crippen LogP contribution in [0.2, 0.25) is 0 Å². The maximum absolute atomic E-state index is 10.8. The van der Waals surface area contributed by atoms with Gasteiger partial charge in [0.25, 0.3) is 0 Å². The third kappa shape index (κ3) is 1.58. The lowest BCUT2D eigenvalue weighted by atomic mass is 10.3. The van der Waals surface area contributed by atoms with Gasteiger partial charge in [-0.3, -0.25) is 10.1 Å². The molecule has 0 spiro atoms. The second-order valence-electron chi connectivity index (χ2n) is 3.89. The Hall–Kier alpha value is -2.21. The summed E-state index contributed by atoms with van der Waals surface area (Å²) in [6.45, 7) is 1.86. The highest BCUT2D eigenvalue weighted by Gasteiger charge is 2.18. The van der Waals surface area contributed by atoms with Crippen LogP contribution in [-0.4, -0.2) is 14.7 Å². The van der Waals surface area contributed by atoms with Gasteiger partial charge >= 0.3 is 5.00 Å². The lowest BCUT2D eigenvalue weighted by Gasteiger charge is -2.00. The third-order valence-electron chi connectivity index (χ3n) is 2.71. The highest BCUT2D eigenvalue weighted by Crippen LogP contribution is 2.34. The smallest absolute Gasteiger partial charge is 0.258 e. The first-order valence-corrected chi connectivity index (χ1v) is 6.17. The Kier molecular flexibility index (Phi) is 2.38. The normalized spacial score (nSPS) is 10.9. The summed E-state index contributed by atoms with van der Waals surface area (Å²) >= 11 is 1.15. The molecular formula is C12H9N3O2S. The number of fused-ring (bicyclic) bond motifs is 1. The molecule has 0 aliphatic heterocycles. The fourth-order valence-corrected chi connectivity index (χ4v) is 2.87. The Morgan fingerprint density at radius 3 is 2.72 bits per heavy atom. The van der Waals surface area contributed by atoms with Crippen LogP contribution in [0.3, 0.4) is 0 Å². The van der Waals surface area contributed by atoms with Crippen molar-refractivity contribution in [3.63, 3.8) is 0 Å². The van der Waals surface area contributed by atoms with E-state index in [1.807, 2.05) is 37.3 Å². The number of hydrogen-bond acceptors (Lipinski definition) is 4. The topological polar surface area (TPSA) is 61.0 Å². The molecule has 1 aromatic carbocycles. The van der Waals surface area contributed by atoms with Gasteiger partial charge in [0.05, 0.1) is 16.3 Å². The number of benzene rings is 1. The van der Waals surface area contributed by atoms with Crippen molar-refractivity contribution in [2.24, 2.45) is 0 Å². The van der Waals surface area contributed by atoms with Crippen molar-refractivity contribution in [1.29, 1.82) is 0 Å². The molecule has 0 radical (unpaired) electrons. The maximum Gasteiger partial charge on any atom is 0.326 e. The highest BCUT2D eigenvalue weighted by molar-refractivity contribution is 7.21. The molecule has 0 aliphatic rings. The molecule has 0 atom stereocenters. The summed E-state index contributed by atoms with van der Waals surface area (Å²) in [6.07, 6.45) is 0. The molecule has 0 unspecified atom stereocenters. The number of para-hydroxylation sites is 1. The minimum Gasteiger partial charge on any atom is -0.258 e. The van der Waals surface area contributed by atoms with E-state index in [-0.39, 0.29) is 9.92 Å². The van der Waals surface area contributed by atoms with E-state index in [9.17, 15) is 10.1 Å². The van der Waals surface area contributed by atoms with Crippen LogP contribution < -0.4 is 0 Å². The standard InChI is InChI=1S/C12H9N3O2S/c1-8-10-7-11(15(16)17)18-12(10)14(13-8)9-5-3-2-4-6-9/h2-7H,1H3. The van der Waals surface area contributed by atoms with Crippen LogP contribution in [0, 0.1) is 17.0 Å². The summed E-state index contributed by atoms with van der Waals surface area (Å²) in [5.41, 5.74) is 1.71. The molecule has 2 aromatic heterocycles. The second-order valence-corrected chi connectivity index (χ2v) is 4.90. The fourth-order valence-electron chi connectivity index (χ4n) is 1.87. The Morgan fingerprint density at radius 1 is 1.33 bits per heavy atom. The monoisotopic (exact) mass is 259 g/mol. The average Bonchev–Trinajstić information content (AvgIpc) is 2.92. The van der Waals surface area contributed by atoms with Crippen LogP contribution in [-0.2, 0) is 0 Å². The summed E-state index contributed by atoms with van der Waals surface area (Å²) in [5, 5.41) is 16.2. The predicted molar refractivity (Wildman–Crippen MR) is 70.3 cm³/mol. The maximum atomic E-state index is 10.8. The largest absolute Gasteiger partial charge is 0.326 e. The van der Waals surface area contributed by atoms with Crippen molar-refractivity contribution >= 4 is 26.6 Å². The van der Waals surface area contributed by atoms with Gasteiger partial charge < -0.3 is 0 Å². The zero-order valence-corrected chi connectivity index (χ0v) is 10.3. The number of hydrogen-bond donors (Lipinski definition) is 0. The van der Waals surface area contributed by atoms with Crippen LogP contribution in [0.1, 0.15) is 5.69 Å². The van der Waals surface area contributed by atoms with E-state index in [2.05, 4.69) is 5.10 Å². The van der Waals surface area contributed by atoms with Crippen LogP contribution in [0.4, 0.5) is 5.00 Å². The number of aryl methyl sites for hydroxylation is 1. The first-order chi connectivity index (χ1) is 8.66. The zero-order chi connectivity index (χ0) is 12.7. The molecule has 0 saturated carbocycles. The molecule has 90 valence electrons. The van der Waals surface area contributed by atoms with Gasteiger partial charge in [-0.1, -0.05) is 18.2 Å². The number of rotatable bonds is 2. The lowest BCUT2D eigenvalue weighted by Crippen LogP contribution is -1.94. The third-order valence-corrected chi connectivity index (χ3v) is 3.77. The van der Waals surface area contributed by atoms with Crippen molar-refractivity contribution in [2.75, 3.05) is 0 Å². The molecule has 0 saturated heterocycles. The summed E-state index contributed by atoms with van der Waals surface area (Å²) in [5.74, 6) is 0. The van der Waals surface area contributed by atoms with Crippen molar-refractivity contribution in [3.05, 3.63) is 52.2 Å². The van der Waals surface area contributed by atoms with E-state index in [0.717, 1.165) is 32.9 Å². The molecule has 2 heterocycles. The Balaban J connectivity index is 2.27. The fraction of sp³-hybridized carbons (Fsp3) is 0.0833. The molecule has 0 bridgehead atoms. The van der Waals surface area contributed by atoms with Crippen LogP contribution in [0.15, 0.2) is 36.4 Å². The summed E-state index contributed by atoms with van der Waals surface area (Å²) in [6, 6.07) is 11.2. The molecule has 6 heteroatoms. The van der Waals surface area contributed by atoms with E-state index in [0.29, 0.717) is 0 Å². The first-order valence-electron chi connectivity index (χ1n) is 5.36. The highest BCUT2D eigenvalue weighted by atomic mass is 32.1. The van der Waals surface area contributed by atoms with E-state index in [4.69, 9.17) is 0 Å². The van der Waals surface area contributed by atoms with Crippen molar-refractivity contribution in [1.82, 2.24) is 9.78 Å². The average molecular weight is 259 g/mol. The molecule has 0 amide bonds. The quantitative estimate of drug-likeness (QED) is 0.524. The van der Waals surface area contributed by atoms with Gasteiger partial charge in [0.15, 0.2) is 0 Å². The van der Waals surface area contributed by atoms with E-state index in [1.54, 1.807) is 10.7 Å². The molecule has 0 N–H and O–H groups in total. The molecule has 3 rings (SSSR count). The number of thiophene rings is 1. The lowest BCUT2D eigenvalue weighted by molar-refractivity contribution is -0.380. The van der Waals surface area contributed by atoms with E-state index >= 15 is 0 Å². The Morgan fingerprint density at radius 2 is 2.06 bits per heavy atom. The summed E-state index contributed by atoms with van der Waals surface area (Å²) < 4.78 is 1.75. The second kappa shape index (κ2) is 3.92. The van der Waals surface area contributed by atoms with Gasteiger partial charge in [0.2, 0.25) is 0 Å². The zero-order valence-electron chi connectivity index (χ0n) is 9.53. The van der Waals surface area contributed by atoms with Crippen LogP contribution >= 0.6 is 11.3 Å². The van der Waals surface area contributed by atoms with E-state index < -0.39 is 0 Å². The molecule has 18 heavy (non-hydrogen) atoms. The van der Waals surface area contributed by atoms with Gasteiger partial charge in [-0.2, -0.15) is 5.10 Å². The van der Waals surface area contributed by atoms with Crippen molar-refractivity contribution in [2.45, 2.75) is 6.92 Å². The van der Waals surface area contributed by atoms with E-state index in [1.165, 1.54) is 0 Å². The first kappa shape index (κ1) is 10.9. The summed E-state index contributed by atoms with van der Waals surface area (Å²) in [4.78, 5) is 11.3. The predicted octanol–water partition coefficient (Wildman–Crippen LogP) is 3.30. The molecule has 0 fully saturated rings. The van der Waals surface area contributed by atoms with Gasteiger partial charge in [-0.15, -0.1) is 0 Å². The van der Waals surface area contributed by atoms with Gasteiger partial charge in [0.1, 0.15) is 4.83 Å². The Bertz CT molecular complexity index is 730. The number of nitrogens with zero attached hydrogens (tertiary/aromatic N) is 3. The van der Waals surface area contributed by atoms with Crippen LogP contribution in [0.5, 0.6) is 0 Å². The minimum absolute atomic E-state index is 0.148. The van der Waals surface area contributed by atoms with Crippen molar-refractivity contribution in [3.8, 4) is 5.69 Å². The van der Waals surface area contributed by atoms with Crippen LogP contribution in [0.25, 0.3) is 15.9 Å². The number of nitro groups is 1. The molecule has 0 aliphatic carbocycles. The SMILES string of the molecule is Cc1nn(-c2ccccc2)c2sc([N+](=O)[O-])cc12. The Labute approximate surface area is 106 Å². The number of aromatic nitrogens is 2. The van der Waals surface area contributed by atoms with Gasteiger partial charge in [-0.25, -0.2) is 4.68 Å².